The van der Waals surface area contributed by atoms with Gasteiger partial charge in [-0.1, -0.05) is 0 Å². The molecular formula is C10H11F2NO4. The Kier molecular flexibility index (Phi) is 4.19. The van der Waals surface area contributed by atoms with E-state index in [0.717, 1.165) is 13.3 Å². The highest BCUT2D eigenvalue weighted by atomic mass is 19.3. The van der Waals surface area contributed by atoms with E-state index in [1.165, 1.54) is 6.92 Å². The lowest BCUT2D eigenvalue weighted by Crippen LogP contribution is -2.12. The van der Waals surface area contributed by atoms with Gasteiger partial charge in [-0.05, 0) is 6.92 Å². The van der Waals surface area contributed by atoms with Crippen molar-refractivity contribution in [2.75, 3.05) is 13.7 Å². The zero-order valence-electron chi connectivity index (χ0n) is 9.24. The normalized spacial score (nSPS) is 10.4. The van der Waals surface area contributed by atoms with Gasteiger partial charge in [0.15, 0.2) is 11.5 Å². The van der Waals surface area contributed by atoms with Crippen molar-refractivity contribution < 1.29 is 28.2 Å². The van der Waals surface area contributed by atoms with Gasteiger partial charge >= 0.3 is 5.97 Å². The van der Waals surface area contributed by atoms with E-state index in [1.807, 2.05) is 0 Å². The number of halogens is 2. The summed E-state index contributed by atoms with van der Waals surface area (Å²) in [6.07, 6.45) is -2.17. The van der Waals surface area contributed by atoms with Gasteiger partial charge in [0.05, 0.1) is 19.9 Å². The maximum Gasteiger partial charge on any atom is 0.344 e. The van der Waals surface area contributed by atoms with Crippen molar-refractivity contribution in [3.63, 3.8) is 0 Å². The number of alkyl halides is 2. The minimum atomic E-state index is -2.97. The fraction of sp³-hybridized carbons (Fsp3) is 0.400. The third-order valence-electron chi connectivity index (χ3n) is 1.93. The number of pyridine rings is 1. The molecule has 5 nitrogen and oxygen atoms in total. The van der Waals surface area contributed by atoms with Crippen molar-refractivity contribution >= 4 is 5.97 Å². The number of ether oxygens (including phenoxy) is 2. The number of methoxy groups -OCH3 is 1. The predicted molar refractivity (Wildman–Crippen MR) is 53.4 cm³/mol. The summed E-state index contributed by atoms with van der Waals surface area (Å²) in [6, 6.07) is 0. The van der Waals surface area contributed by atoms with Crippen LogP contribution in [0, 0.1) is 0 Å². The Balaban J connectivity index is 3.38. The van der Waals surface area contributed by atoms with Crippen LogP contribution in [0.3, 0.4) is 0 Å². The average Bonchev–Trinajstić information content (AvgIpc) is 2.28. The molecule has 0 fully saturated rings. The van der Waals surface area contributed by atoms with Gasteiger partial charge in [0, 0.05) is 0 Å². The number of hydrogen-bond acceptors (Lipinski definition) is 5. The molecule has 17 heavy (non-hydrogen) atoms. The fourth-order valence-corrected chi connectivity index (χ4v) is 1.27. The number of aromatic hydroxyl groups is 1. The molecule has 0 spiro atoms. The van der Waals surface area contributed by atoms with Crippen molar-refractivity contribution in [1.82, 2.24) is 4.98 Å². The summed E-state index contributed by atoms with van der Waals surface area (Å²) in [6.45, 7) is 1.54. The van der Waals surface area contributed by atoms with E-state index in [9.17, 15) is 18.7 Å². The topological polar surface area (TPSA) is 68.7 Å². The van der Waals surface area contributed by atoms with Crippen LogP contribution in [0.4, 0.5) is 8.78 Å². The first-order valence-corrected chi connectivity index (χ1v) is 4.74. The average molecular weight is 247 g/mol. The van der Waals surface area contributed by atoms with E-state index < -0.39 is 29.4 Å². The molecule has 1 N–H and O–H groups in total. The number of aromatic nitrogens is 1. The van der Waals surface area contributed by atoms with Crippen LogP contribution < -0.4 is 4.74 Å². The second-order valence-electron chi connectivity index (χ2n) is 2.96. The second-order valence-corrected chi connectivity index (χ2v) is 2.96. The zero-order chi connectivity index (χ0) is 13.0. The molecular weight excluding hydrogens is 236 g/mol. The molecule has 0 aliphatic rings. The highest BCUT2D eigenvalue weighted by Gasteiger charge is 2.27. The third kappa shape index (κ3) is 2.61. The molecule has 0 radical (unpaired) electrons. The summed E-state index contributed by atoms with van der Waals surface area (Å²) in [7, 11) is 1.15. The van der Waals surface area contributed by atoms with E-state index in [4.69, 9.17) is 4.74 Å². The Hall–Kier alpha value is -1.92. The largest absolute Gasteiger partial charge is 0.503 e. The van der Waals surface area contributed by atoms with Crippen molar-refractivity contribution in [2.45, 2.75) is 13.3 Å². The van der Waals surface area contributed by atoms with Crippen LogP contribution in [0.1, 0.15) is 29.4 Å². The maximum atomic E-state index is 12.7. The maximum absolute atomic E-state index is 12.7. The van der Waals surface area contributed by atoms with Gasteiger partial charge in [-0.2, -0.15) is 0 Å². The van der Waals surface area contributed by atoms with E-state index in [-0.39, 0.29) is 12.4 Å². The van der Waals surface area contributed by atoms with Crippen LogP contribution in [0.2, 0.25) is 0 Å². The molecule has 0 unspecified atom stereocenters. The van der Waals surface area contributed by atoms with Crippen LogP contribution in [0.5, 0.6) is 11.5 Å². The minimum absolute atomic E-state index is 0.0142. The molecule has 1 heterocycles. The lowest BCUT2D eigenvalue weighted by atomic mass is 10.1. The Labute approximate surface area is 96.0 Å². The number of carbonyl (C=O) groups is 1. The number of esters is 1. The first-order chi connectivity index (χ1) is 8.02. The summed E-state index contributed by atoms with van der Waals surface area (Å²) >= 11 is 0. The summed E-state index contributed by atoms with van der Waals surface area (Å²) in [5.74, 6) is -1.88. The lowest BCUT2D eigenvalue weighted by Gasteiger charge is -2.12. The van der Waals surface area contributed by atoms with E-state index >= 15 is 0 Å². The molecule has 0 aromatic carbocycles. The van der Waals surface area contributed by atoms with E-state index in [2.05, 4.69) is 9.72 Å². The SMILES string of the molecule is CCOC(=O)c1c(C(F)F)ncc(O)c1OC. The summed E-state index contributed by atoms with van der Waals surface area (Å²) in [5.41, 5.74) is -1.33. The third-order valence-corrected chi connectivity index (χ3v) is 1.93. The van der Waals surface area contributed by atoms with Crippen LogP contribution in [-0.2, 0) is 4.74 Å². The molecule has 1 aromatic rings. The van der Waals surface area contributed by atoms with Crippen molar-refractivity contribution in [3.05, 3.63) is 17.5 Å². The zero-order valence-corrected chi connectivity index (χ0v) is 9.24. The Morgan fingerprint density at radius 1 is 1.59 bits per heavy atom. The van der Waals surface area contributed by atoms with Gasteiger partial charge in [-0.25, -0.2) is 13.6 Å². The number of carbonyl (C=O) groups excluding carboxylic acids is 1. The molecule has 1 aromatic heterocycles. The van der Waals surface area contributed by atoms with E-state index in [0.29, 0.717) is 0 Å². The first-order valence-electron chi connectivity index (χ1n) is 4.74. The quantitative estimate of drug-likeness (QED) is 0.823. The van der Waals surface area contributed by atoms with Crippen molar-refractivity contribution in [1.29, 1.82) is 0 Å². The van der Waals surface area contributed by atoms with Gasteiger partial charge in [0.25, 0.3) is 6.43 Å². The molecule has 0 atom stereocenters. The predicted octanol–water partition coefficient (Wildman–Crippen LogP) is 1.91. The standard InChI is InChI=1S/C10H11F2NO4/c1-3-17-10(15)6-7(9(11)12)13-4-5(14)8(6)16-2/h4,9,14H,3H2,1-2H3. The molecule has 0 amide bonds. The molecule has 94 valence electrons. The molecule has 0 saturated heterocycles. The highest BCUT2D eigenvalue weighted by molar-refractivity contribution is 5.94. The number of hydrogen-bond donors (Lipinski definition) is 1. The molecule has 0 aliphatic carbocycles. The van der Waals surface area contributed by atoms with Crippen LogP contribution >= 0.6 is 0 Å². The van der Waals surface area contributed by atoms with E-state index in [1.54, 1.807) is 0 Å². The van der Waals surface area contributed by atoms with Gasteiger partial charge in [-0.3, -0.25) is 4.98 Å². The summed E-state index contributed by atoms with van der Waals surface area (Å²) < 4.78 is 34.7. The van der Waals surface area contributed by atoms with Gasteiger partial charge in [0.1, 0.15) is 11.3 Å². The van der Waals surface area contributed by atoms with Gasteiger partial charge < -0.3 is 14.6 Å². The molecule has 0 saturated carbocycles. The van der Waals surface area contributed by atoms with Crippen LogP contribution in [0.15, 0.2) is 6.20 Å². The lowest BCUT2D eigenvalue weighted by molar-refractivity contribution is 0.0508. The van der Waals surface area contributed by atoms with Crippen molar-refractivity contribution in [2.24, 2.45) is 0 Å². The molecule has 0 bridgehead atoms. The molecule has 1 rings (SSSR count). The smallest absolute Gasteiger partial charge is 0.344 e. The number of nitrogens with zero attached hydrogens (tertiary/aromatic N) is 1. The molecule has 7 heteroatoms. The van der Waals surface area contributed by atoms with Gasteiger partial charge in [-0.15, -0.1) is 0 Å². The number of rotatable bonds is 4. The van der Waals surface area contributed by atoms with Crippen LogP contribution in [0.25, 0.3) is 0 Å². The van der Waals surface area contributed by atoms with Gasteiger partial charge in [0.2, 0.25) is 0 Å². The fourth-order valence-electron chi connectivity index (χ4n) is 1.27. The Morgan fingerprint density at radius 2 is 2.24 bits per heavy atom. The first kappa shape index (κ1) is 13.1. The summed E-state index contributed by atoms with van der Waals surface area (Å²) in [4.78, 5) is 14.8. The summed E-state index contributed by atoms with van der Waals surface area (Å²) in [5, 5.41) is 9.37. The highest BCUT2D eigenvalue weighted by Crippen LogP contribution is 2.35. The monoisotopic (exact) mass is 247 g/mol. The second kappa shape index (κ2) is 5.42. The Bertz CT molecular complexity index is 423. The molecule has 0 aliphatic heterocycles. The van der Waals surface area contributed by atoms with Crippen molar-refractivity contribution in [3.8, 4) is 11.5 Å². The Morgan fingerprint density at radius 3 is 2.71 bits per heavy atom. The minimum Gasteiger partial charge on any atom is -0.503 e. The van der Waals surface area contributed by atoms with Crippen LogP contribution in [-0.4, -0.2) is 29.8 Å².